The van der Waals surface area contributed by atoms with Crippen molar-refractivity contribution in [1.29, 1.82) is 0 Å². The molecule has 3 aromatic rings. The van der Waals surface area contributed by atoms with Crippen molar-refractivity contribution in [3.8, 4) is 22.6 Å². The highest BCUT2D eigenvalue weighted by Gasteiger charge is 2.46. The first-order chi connectivity index (χ1) is 14.2. The van der Waals surface area contributed by atoms with Crippen LogP contribution in [-0.2, 0) is 4.57 Å². The molecule has 0 aliphatic heterocycles. The summed E-state index contributed by atoms with van der Waals surface area (Å²) in [5, 5.41) is 0.692. The molecule has 30 heavy (non-hydrogen) atoms. The first kappa shape index (κ1) is 22.4. The number of rotatable bonds is 7. The summed E-state index contributed by atoms with van der Waals surface area (Å²) in [6, 6.07) is 15.9. The maximum atomic E-state index is 12.1. The van der Waals surface area contributed by atoms with E-state index in [0.29, 0.717) is 5.75 Å². The highest BCUT2D eigenvalue weighted by Crippen LogP contribution is 2.55. The summed E-state index contributed by atoms with van der Waals surface area (Å²) in [5.74, 6) is 1.28. The van der Waals surface area contributed by atoms with E-state index in [9.17, 15) is 14.4 Å². The van der Waals surface area contributed by atoms with Crippen molar-refractivity contribution in [1.82, 2.24) is 0 Å². The summed E-state index contributed by atoms with van der Waals surface area (Å²) in [4.78, 5) is 19.8. The number of benzene rings is 3. The van der Waals surface area contributed by atoms with Gasteiger partial charge in [-0.3, -0.25) is 4.57 Å². The molecule has 0 saturated heterocycles. The molecule has 6 heteroatoms. The van der Waals surface area contributed by atoms with E-state index in [2.05, 4.69) is 18.2 Å². The van der Waals surface area contributed by atoms with E-state index in [-0.39, 0.29) is 12.8 Å². The molecule has 0 amide bonds. The minimum Gasteiger partial charge on any atom is -0.497 e. The van der Waals surface area contributed by atoms with Crippen LogP contribution >= 0.6 is 7.60 Å². The molecule has 160 valence electrons. The lowest BCUT2D eigenvalue weighted by Crippen LogP contribution is -2.34. The molecule has 5 nitrogen and oxygen atoms in total. The molecular weight excluding hydrogens is 399 g/mol. The molecule has 0 fully saturated rings. The molecule has 0 heterocycles. The predicted octanol–water partition coefficient (Wildman–Crippen LogP) is 6.21. The Morgan fingerprint density at radius 1 is 0.933 bits per heavy atom. The van der Waals surface area contributed by atoms with Crippen LogP contribution in [0.15, 0.2) is 48.5 Å². The van der Waals surface area contributed by atoms with Gasteiger partial charge in [0.25, 0.3) is 0 Å². The molecule has 0 aromatic heterocycles. The maximum absolute atomic E-state index is 12.1. The number of hydrogen-bond donors (Lipinski definition) is 2. The quantitative estimate of drug-likeness (QED) is 0.438. The monoisotopic (exact) mass is 428 g/mol. The SMILES string of the molecule is CCC(CC)(Oc1cc(C)c(-c2cccc3cc(OC)ccc23)c(C)c1)P(=O)(O)O. The van der Waals surface area contributed by atoms with Gasteiger partial charge < -0.3 is 19.3 Å². The highest BCUT2D eigenvalue weighted by molar-refractivity contribution is 7.53. The van der Waals surface area contributed by atoms with Crippen LogP contribution in [0.4, 0.5) is 0 Å². The summed E-state index contributed by atoms with van der Waals surface area (Å²) >= 11 is 0. The molecule has 3 aromatic carbocycles. The van der Waals surface area contributed by atoms with Gasteiger partial charge in [0.1, 0.15) is 11.5 Å². The third-order valence-electron chi connectivity index (χ3n) is 5.81. The van der Waals surface area contributed by atoms with Crippen LogP contribution < -0.4 is 9.47 Å². The van der Waals surface area contributed by atoms with Gasteiger partial charge in [0.2, 0.25) is 5.34 Å². The number of fused-ring (bicyclic) bond motifs is 1. The van der Waals surface area contributed by atoms with Gasteiger partial charge in [0.15, 0.2) is 0 Å². The van der Waals surface area contributed by atoms with Crippen LogP contribution in [-0.4, -0.2) is 22.2 Å². The van der Waals surface area contributed by atoms with Crippen LogP contribution in [0.1, 0.15) is 37.8 Å². The van der Waals surface area contributed by atoms with E-state index in [4.69, 9.17) is 9.47 Å². The summed E-state index contributed by atoms with van der Waals surface area (Å²) < 4.78 is 23.4. The lowest BCUT2D eigenvalue weighted by Gasteiger charge is -2.33. The second-order valence-corrected chi connectivity index (χ2v) is 9.53. The van der Waals surface area contributed by atoms with Crippen LogP contribution in [0.2, 0.25) is 0 Å². The van der Waals surface area contributed by atoms with Gasteiger partial charge >= 0.3 is 7.60 Å². The van der Waals surface area contributed by atoms with Crippen molar-refractivity contribution < 1.29 is 23.8 Å². The zero-order valence-electron chi connectivity index (χ0n) is 18.1. The molecule has 0 saturated carbocycles. The first-order valence-corrected chi connectivity index (χ1v) is 11.7. The zero-order chi connectivity index (χ0) is 22.1. The Morgan fingerprint density at radius 3 is 2.10 bits per heavy atom. The lowest BCUT2D eigenvalue weighted by molar-refractivity contribution is 0.108. The van der Waals surface area contributed by atoms with Gasteiger partial charge in [-0.25, -0.2) is 0 Å². The number of ether oxygens (including phenoxy) is 2. The van der Waals surface area contributed by atoms with Crippen molar-refractivity contribution in [2.75, 3.05) is 7.11 Å². The Kier molecular flexibility index (Phi) is 6.28. The van der Waals surface area contributed by atoms with Gasteiger partial charge in [-0.2, -0.15) is 0 Å². The molecule has 0 aliphatic rings. The lowest BCUT2D eigenvalue weighted by atomic mass is 9.91. The average molecular weight is 428 g/mol. The standard InChI is InChI=1S/C24H29O5P/c1-6-24(7-2,30(25,26)27)29-20-13-16(3)23(17(4)14-20)22-10-8-9-18-15-19(28-5)11-12-21(18)22/h8-15H,6-7H2,1-5H3,(H2,25,26,27). The third-order valence-corrected chi connectivity index (χ3v) is 7.59. The van der Waals surface area contributed by atoms with Gasteiger partial charge in [0.05, 0.1) is 7.11 Å². The van der Waals surface area contributed by atoms with Crippen molar-refractivity contribution in [3.05, 3.63) is 59.7 Å². The summed E-state index contributed by atoms with van der Waals surface area (Å²) in [7, 11) is -2.79. The summed E-state index contributed by atoms with van der Waals surface area (Å²) in [6.07, 6.45) is 0.442. The zero-order valence-corrected chi connectivity index (χ0v) is 19.0. The molecule has 0 bridgehead atoms. The molecule has 0 atom stereocenters. The van der Waals surface area contributed by atoms with Crippen LogP contribution in [0.5, 0.6) is 11.5 Å². The van der Waals surface area contributed by atoms with Crippen molar-refractivity contribution in [2.24, 2.45) is 0 Å². The van der Waals surface area contributed by atoms with E-state index < -0.39 is 12.9 Å². The Balaban J connectivity index is 2.10. The van der Waals surface area contributed by atoms with Crippen molar-refractivity contribution >= 4 is 18.4 Å². The van der Waals surface area contributed by atoms with E-state index >= 15 is 0 Å². The van der Waals surface area contributed by atoms with Gasteiger partial charge in [-0.05, 0) is 84.0 Å². The predicted molar refractivity (Wildman–Crippen MR) is 121 cm³/mol. The average Bonchev–Trinajstić information content (AvgIpc) is 2.70. The van der Waals surface area contributed by atoms with Crippen LogP contribution in [0.25, 0.3) is 21.9 Å². The normalized spacial score (nSPS) is 12.2. The Bertz CT molecular complexity index is 1090. The molecular formula is C24H29O5P. The van der Waals surface area contributed by atoms with E-state index in [1.165, 1.54) is 0 Å². The van der Waals surface area contributed by atoms with E-state index in [1.54, 1.807) is 21.0 Å². The Hall–Kier alpha value is -2.33. The fourth-order valence-electron chi connectivity index (χ4n) is 4.10. The van der Waals surface area contributed by atoms with Gasteiger partial charge in [-0.15, -0.1) is 0 Å². The van der Waals surface area contributed by atoms with E-state index in [1.807, 2.05) is 44.2 Å². The molecule has 2 N–H and O–H groups in total. The minimum atomic E-state index is -4.45. The highest BCUT2D eigenvalue weighted by atomic mass is 31.2. The molecule has 0 radical (unpaired) electrons. The summed E-state index contributed by atoms with van der Waals surface area (Å²) in [6.45, 7) is 7.46. The smallest absolute Gasteiger partial charge is 0.368 e. The maximum Gasteiger partial charge on any atom is 0.368 e. The van der Waals surface area contributed by atoms with Crippen molar-refractivity contribution in [3.63, 3.8) is 0 Å². The van der Waals surface area contributed by atoms with Crippen LogP contribution in [0.3, 0.4) is 0 Å². The Labute approximate surface area is 177 Å². The summed E-state index contributed by atoms with van der Waals surface area (Å²) in [5.41, 5.74) is 4.16. The second-order valence-electron chi connectivity index (χ2n) is 7.62. The number of aryl methyl sites for hydroxylation is 2. The fourth-order valence-corrected chi connectivity index (χ4v) is 5.15. The molecule has 0 unspecified atom stereocenters. The number of methoxy groups -OCH3 is 1. The topological polar surface area (TPSA) is 76.0 Å². The fraction of sp³-hybridized carbons (Fsp3) is 0.333. The van der Waals surface area contributed by atoms with E-state index in [0.717, 1.165) is 38.8 Å². The second kappa shape index (κ2) is 8.43. The Morgan fingerprint density at radius 2 is 1.57 bits per heavy atom. The molecule has 0 spiro atoms. The van der Waals surface area contributed by atoms with Gasteiger partial charge in [0, 0.05) is 0 Å². The minimum absolute atomic E-state index is 0.221. The number of hydrogen-bond acceptors (Lipinski definition) is 3. The molecule has 0 aliphatic carbocycles. The van der Waals surface area contributed by atoms with Gasteiger partial charge in [-0.1, -0.05) is 38.1 Å². The van der Waals surface area contributed by atoms with Crippen LogP contribution in [0, 0.1) is 13.8 Å². The largest absolute Gasteiger partial charge is 0.497 e. The molecule has 3 rings (SSSR count). The van der Waals surface area contributed by atoms with Crippen molar-refractivity contribution in [2.45, 2.75) is 45.9 Å². The third kappa shape index (κ3) is 3.98. The first-order valence-electron chi connectivity index (χ1n) is 10.1.